The standard InChI is InChI=1S/C25H42O5/c1-14(5-8-22(29)30-4)17-6-7-18-23-19(13-21(28)25(17,18)3)24(2)10-9-16(26)11-15(24)12-20(23)27/h14-21,23,26-28H,5-13H2,1-4H3/t14?,15-,16+,17?,18?,19?,20?,21-,23?,24-,25+/m0/s1. The van der Waals surface area contributed by atoms with Crippen LogP contribution in [0.5, 0.6) is 0 Å². The summed E-state index contributed by atoms with van der Waals surface area (Å²) in [6.07, 6.45) is 6.60. The highest BCUT2D eigenvalue weighted by Crippen LogP contribution is 2.68. The Labute approximate surface area is 181 Å². The van der Waals surface area contributed by atoms with Crippen LogP contribution in [0.2, 0.25) is 0 Å². The van der Waals surface area contributed by atoms with Crippen LogP contribution < -0.4 is 0 Å². The zero-order valence-electron chi connectivity index (χ0n) is 19.2. The molecule has 6 unspecified atom stereocenters. The van der Waals surface area contributed by atoms with Gasteiger partial charge in [0.2, 0.25) is 0 Å². The van der Waals surface area contributed by atoms with Gasteiger partial charge in [0, 0.05) is 6.42 Å². The van der Waals surface area contributed by atoms with Crippen molar-refractivity contribution < 1.29 is 24.9 Å². The molecule has 11 atom stereocenters. The van der Waals surface area contributed by atoms with Gasteiger partial charge in [-0.3, -0.25) is 4.79 Å². The summed E-state index contributed by atoms with van der Waals surface area (Å²) in [5, 5.41) is 33.1. The zero-order chi connectivity index (χ0) is 21.8. The Morgan fingerprint density at radius 3 is 2.50 bits per heavy atom. The number of ether oxygens (including phenoxy) is 1. The Bertz CT molecular complexity index is 651. The lowest BCUT2D eigenvalue weighted by Gasteiger charge is -2.63. The third-order valence-corrected chi connectivity index (χ3v) is 10.6. The third kappa shape index (κ3) is 3.34. The summed E-state index contributed by atoms with van der Waals surface area (Å²) >= 11 is 0. The predicted octanol–water partition coefficient (Wildman–Crippen LogP) is 3.54. The number of esters is 1. The number of hydrogen-bond donors (Lipinski definition) is 3. The number of rotatable bonds is 4. The van der Waals surface area contributed by atoms with Crippen molar-refractivity contribution in [1.82, 2.24) is 0 Å². The Kier molecular flexibility index (Phi) is 6.04. The van der Waals surface area contributed by atoms with Crippen molar-refractivity contribution >= 4 is 5.97 Å². The van der Waals surface area contributed by atoms with Gasteiger partial charge in [-0.15, -0.1) is 0 Å². The Balaban J connectivity index is 1.58. The molecule has 5 nitrogen and oxygen atoms in total. The van der Waals surface area contributed by atoms with E-state index in [9.17, 15) is 20.1 Å². The summed E-state index contributed by atoms with van der Waals surface area (Å²) < 4.78 is 4.83. The van der Waals surface area contributed by atoms with Crippen LogP contribution in [0, 0.1) is 46.3 Å². The number of carbonyl (C=O) groups excluding carboxylic acids is 1. The van der Waals surface area contributed by atoms with Crippen molar-refractivity contribution in [1.29, 1.82) is 0 Å². The van der Waals surface area contributed by atoms with E-state index in [1.807, 2.05) is 0 Å². The van der Waals surface area contributed by atoms with Crippen molar-refractivity contribution in [3.63, 3.8) is 0 Å². The molecule has 0 aromatic heterocycles. The first kappa shape index (κ1) is 22.5. The quantitative estimate of drug-likeness (QED) is 0.603. The van der Waals surface area contributed by atoms with Crippen LogP contribution in [0.25, 0.3) is 0 Å². The molecule has 172 valence electrons. The summed E-state index contributed by atoms with van der Waals surface area (Å²) in [5.74, 6) is 1.81. The van der Waals surface area contributed by atoms with E-state index in [1.165, 1.54) is 7.11 Å². The van der Waals surface area contributed by atoms with Gasteiger partial charge in [0.1, 0.15) is 0 Å². The number of hydrogen-bond acceptors (Lipinski definition) is 5. The maximum absolute atomic E-state index is 11.7. The molecule has 0 aromatic carbocycles. The van der Waals surface area contributed by atoms with Crippen molar-refractivity contribution in [2.24, 2.45) is 46.3 Å². The van der Waals surface area contributed by atoms with E-state index in [2.05, 4.69) is 20.8 Å². The molecule has 0 heterocycles. The maximum Gasteiger partial charge on any atom is 0.305 e. The van der Waals surface area contributed by atoms with E-state index >= 15 is 0 Å². The highest BCUT2D eigenvalue weighted by atomic mass is 16.5. The summed E-state index contributed by atoms with van der Waals surface area (Å²) in [6, 6.07) is 0. The molecule has 0 bridgehead atoms. The van der Waals surface area contributed by atoms with Crippen LogP contribution in [0.4, 0.5) is 0 Å². The first-order valence-corrected chi connectivity index (χ1v) is 12.2. The largest absolute Gasteiger partial charge is 0.469 e. The molecule has 4 rings (SSSR count). The van der Waals surface area contributed by atoms with Crippen LogP contribution in [-0.2, 0) is 9.53 Å². The number of methoxy groups -OCH3 is 1. The molecule has 0 amide bonds. The highest BCUT2D eigenvalue weighted by Gasteiger charge is 2.65. The van der Waals surface area contributed by atoms with Gasteiger partial charge in [0.05, 0.1) is 25.4 Å². The van der Waals surface area contributed by atoms with Gasteiger partial charge in [0.15, 0.2) is 0 Å². The van der Waals surface area contributed by atoms with Crippen LogP contribution >= 0.6 is 0 Å². The zero-order valence-corrected chi connectivity index (χ0v) is 19.2. The van der Waals surface area contributed by atoms with Crippen molar-refractivity contribution in [3.8, 4) is 0 Å². The number of fused-ring (bicyclic) bond motifs is 5. The normalized spacial score (nSPS) is 51.4. The summed E-state index contributed by atoms with van der Waals surface area (Å²) in [5.41, 5.74) is -0.0882. The molecule has 5 heteroatoms. The van der Waals surface area contributed by atoms with E-state index in [0.717, 1.165) is 51.4 Å². The summed E-state index contributed by atoms with van der Waals surface area (Å²) in [6.45, 7) is 6.85. The summed E-state index contributed by atoms with van der Waals surface area (Å²) in [7, 11) is 1.44. The lowest BCUT2D eigenvalue weighted by atomic mass is 9.43. The van der Waals surface area contributed by atoms with Crippen LogP contribution in [0.15, 0.2) is 0 Å². The average Bonchev–Trinajstić information content (AvgIpc) is 3.06. The molecule has 4 fully saturated rings. The molecular formula is C25H42O5. The average molecular weight is 423 g/mol. The Hall–Kier alpha value is -0.650. The van der Waals surface area contributed by atoms with E-state index in [1.54, 1.807) is 0 Å². The van der Waals surface area contributed by atoms with Crippen LogP contribution in [0.1, 0.15) is 78.6 Å². The molecule has 0 saturated heterocycles. The van der Waals surface area contributed by atoms with Gasteiger partial charge >= 0.3 is 5.97 Å². The SMILES string of the molecule is COC(=O)CCC(C)C1CCC2C3C(O)C[C@@H]4C[C@H](O)CC[C@]4(C)C3C[C@H](O)[C@]12C. The first-order chi connectivity index (χ1) is 14.1. The van der Waals surface area contributed by atoms with Gasteiger partial charge in [-0.05, 0) is 97.7 Å². The van der Waals surface area contributed by atoms with Gasteiger partial charge in [-0.25, -0.2) is 0 Å². The van der Waals surface area contributed by atoms with E-state index in [0.29, 0.717) is 36.0 Å². The molecule has 0 radical (unpaired) electrons. The second-order valence-electron chi connectivity index (χ2n) is 11.6. The van der Waals surface area contributed by atoms with E-state index < -0.39 is 0 Å². The molecule has 0 aromatic rings. The fourth-order valence-electron chi connectivity index (χ4n) is 8.78. The van der Waals surface area contributed by atoms with Crippen molar-refractivity contribution in [2.75, 3.05) is 7.11 Å². The smallest absolute Gasteiger partial charge is 0.305 e. The number of carbonyl (C=O) groups is 1. The third-order valence-electron chi connectivity index (χ3n) is 10.6. The minimum atomic E-state index is -0.369. The molecule has 4 aliphatic rings. The lowest BCUT2D eigenvalue weighted by Crippen LogP contribution is -2.62. The van der Waals surface area contributed by atoms with Crippen LogP contribution in [-0.4, -0.2) is 46.7 Å². The monoisotopic (exact) mass is 422 g/mol. The molecule has 30 heavy (non-hydrogen) atoms. The second kappa shape index (κ2) is 8.04. The van der Waals surface area contributed by atoms with Crippen molar-refractivity contribution in [2.45, 2.75) is 96.9 Å². The minimum Gasteiger partial charge on any atom is -0.469 e. The fraction of sp³-hybridized carbons (Fsp3) is 0.960. The number of aliphatic hydroxyl groups is 3. The number of aliphatic hydroxyl groups excluding tert-OH is 3. The molecule has 3 N–H and O–H groups in total. The molecule has 0 spiro atoms. The predicted molar refractivity (Wildman–Crippen MR) is 114 cm³/mol. The molecule has 0 aliphatic heterocycles. The fourth-order valence-corrected chi connectivity index (χ4v) is 8.78. The maximum atomic E-state index is 11.7. The van der Waals surface area contributed by atoms with Crippen LogP contribution in [0.3, 0.4) is 0 Å². The van der Waals surface area contributed by atoms with Gasteiger partial charge in [-0.1, -0.05) is 20.8 Å². The first-order valence-electron chi connectivity index (χ1n) is 12.2. The van der Waals surface area contributed by atoms with E-state index in [-0.39, 0.29) is 41.0 Å². The molecule has 4 aliphatic carbocycles. The highest BCUT2D eigenvalue weighted by molar-refractivity contribution is 5.69. The van der Waals surface area contributed by atoms with Gasteiger partial charge in [0.25, 0.3) is 0 Å². The second-order valence-corrected chi connectivity index (χ2v) is 11.6. The Morgan fingerprint density at radius 2 is 1.80 bits per heavy atom. The minimum absolute atomic E-state index is 0.111. The summed E-state index contributed by atoms with van der Waals surface area (Å²) in [4.78, 5) is 11.7. The van der Waals surface area contributed by atoms with Gasteiger partial charge < -0.3 is 20.1 Å². The lowest BCUT2D eigenvalue weighted by molar-refractivity contribution is -0.207. The van der Waals surface area contributed by atoms with Crippen molar-refractivity contribution in [3.05, 3.63) is 0 Å². The molecular weight excluding hydrogens is 380 g/mol. The molecule has 4 saturated carbocycles. The topological polar surface area (TPSA) is 87.0 Å². The van der Waals surface area contributed by atoms with Gasteiger partial charge in [-0.2, -0.15) is 0 Å². The van der Waals surface area contributed by atoms with E-state index in [4.69, 9.17) is 4.74 Å². The Morgan fingerprint density at radius 1 is 1.07 bits per heavy atom.